The van der Waals surface area contributed by atoms with Crippen LogP contribution in [0.15, 0.2) is 47.7 Å². The Labute approximate surface area is 206 Å². The fourth-order valence-electron chi connectivity index (χ4n) is 4.04. The molecule has 2 aliphatic rings. The summed E-state index contributed by atoms with van der Waals surface area (Å²) in [5.41, 5.74) is 4.95. The molecule has 0 radical (unpaired) electrons. The van der Waals surface area contributed by atoms with Gasteiger partial charge in [0.15, 0.2) is 23.0 Å². The number of aliphatic imine (C=N–C) groups is 1. The first-order valence-electron chi connectivity index (χ1n) is 11.8. The molecule has 2 aliphatic heterocycles. The van der Waals surface area contributed by atoms with Gasteiger partial charge in [0.1, 0.15) is 18.7 Å². The van der Waals surface area contributed by atoms with E-state index in [9.17, 15) is 0 Å². The molecule has 4 aromatic rings. The largest absolute Gasteiger partial charge is 0.487 e. The lowest BCUT2D eigenvalue weighted by Crippen LogP contribution is -2.15. The minimum absolute atomic E-state index is 0.388. The molecule has 0 bridgehead atoms. The molecular weight excluding hydrogens is 462 g/mol. The number of imidazole rings is 1. The molecule has 0 saturated heterocycles. The summed E-state index contributed by atoms with van der Waals surface area (Å²) in [7, 11) is 0. The van der Waals surface area contributed by atoms with E-state index in [1.165, 1.54) is 5.56 Å². The number of anilines is 4. The molecular formula is C25H25N7O4. The lowest BCUT2D eigenvalue weighted by atomic mass is 10.1. The van der Waals surface area contributed by atoms with Crippen LogP contribution in [0.4, 0.5) is 28.8 Å². The molecule has 0 spiro atoms. The van der Waals surface area contributed by atoms with Gasteiger partial charge in [-0.3, -0.25) is 4.99 Å². The molecule has 0 saturated carbocycles. The summed E-state index contributed by atoms with van der Waals surface area (Å²) in [4.78, 5) is 21.3. The molecule has 6 rings (SSSR count). The molecule has 0 fully saturated rings. The van der Waals surface area contributed by atoms with Crippen LogP contribution in [-0.4, -0.2) is 65.8 Å². The predicted octanol–water partition coefficient (Wildman–Crippen LogP) is 3.90. The lowest BCUT2D eigenvalue weighted by Gasteiger charge is -2.16. The Morgan fingerprint density at radius 3 is 2.56 bits per heavy atom. The Hall–Kier alpha value is -4.22. The second kappa shape index (κ2) is 10.2. The zero-order valence-electron chi connectivity index (χ0n) is 19.5. The van der Waals surface area contributed by atoms with Crippen LogP contribution in [0.2, 0.25) is 0 Å². The van der Waals surface area contributed by atoms with Gasteiger partial charge in [-0.25, -0.2) is 4.98 Å². The Morgan fingerprint density at radius 2 is 1.67 bits per heavy atom. The third-order valence-corrected chi connectivity index (χ3v) is 5.73. The highest BCUT2D eigenvalue weighted by molar-refractivity contribution is 5.90. The van der Waals surface area contributed by atoms with E-state index in [0.29, 0.717) is 74.1 Å². The quantitative estimate of drug-likeness (QED) is 0.393. The van der Waals surface area contributed by atoms with Crippen molar-refractivity contribution in [2.75, 3.05) is 50.3 Å². The van der Waals surface area contributed by atoms with Crippen molar-refractivity contribution in [3.8, 4) is 11.5 Å². The normalized spacial score (nSPS) is 15.7. The maximum absolute atomic E-state index is 5.93. The van der Waals surface area contributed by atoms with E-state index >= 15 is 0 Å². The van der Waals surface area contributed by atoms with Crippen molar-refractivity contribution in [2.45, 2.75) is 6.42 Å². The van der Waals surface area contributed by atoms with Crippen molar-refractivity contribution in [3.63, 3.8) is 0 Å². The van der Waals surface area contributed by atoms with Crippen LogP contribution >= 0.6 is 0 Å². The maximum atomic E-state index is 5.93. The molecule has 36 heavy (non-hydrogen) atoms. The number of rotatable bonds is 4. The fraction of sp³-hybridized carbons (Fsp3) is 0.280. The van der Waals surface area contributed by atoms with Gasteiger partial charge in [-0.05, 0) is 23.8 Å². The molecule has 0 atom stereocenters. The van der Waals surface area contributed by atoms with Crippen LogP contribution < -0.4 is 20.1 Å². The van der Waals surface area contributed by atoms with Crippen molar-refractivity contribution < 1.29 is 18.9 Å². The molecule has 0 aliphatic carbocycles. The highest BCUT2D eigenvalue weighted by Gasteiger charge is 2.16. The summed E-state index contributed by atoms with van der Waals surface area (Å²) in [6.45, 7) is 2.82. The van der Waals surface area contributed by atoms with E-state index in [0.717, 1.165) is 23.5 Å². The van der Waals surface area contributed by atoms with Crippen molar-refractivity contribution >= 4 is 46.2 Å². The van der Waals surface area contributed by atoms with E-state index in [4.69, 9.17) is 23.9 Å². The Balaban J connectivity index is 1.27. The molecule has 11 nitrogen and oxygen atoms in total. The van der Waals surface area contributed by atoms with Gasteiger partial charge < -0.3 is 34.6 Å². The number of nitrogens with one attached hydrogen (secondary N) is 3. The SMILES string of the molecule is C1=Nc2c(cccc2Nc2nc(Nc3ccc4c(c3)OCCOCCOCCO4)nc3nc[nH]c23)C1. The standard InChI is InChI=1S/C25H25N7O4/c1-2-16-6-7-26-21(16)18(3-1)30-24-22-23(28-15-27-22)31-25(32-24)29-17-4-5-19-20(14-17)36-13-11-34-9-8-33-10-12-35-19/h1-5,7,14-15H,6,8-13H2,(H3,27,28,29,30,31,32). The monoisotopic (exact) mass is 487 g/mol. The summed E-state index contributed by atoms with van der Waals surface area (Å²) in [5, 5.41) is 6.67. The van der Waals surface area contributed by atoms with Crippen LogP contribution in [0.3, 0.4) is 0 Å². The number of ether oxygens (including phenoxy) is 4. The Kier molecular flexibility index (Phi) is 6.29. The molecule has 0 unspecified atom stereocenters. The Bertz CT molecular complexity index is 1400. The number of hydrogen-bond donors (Lipinski definition) is 3. The molecule has 3 N–H and O–H groups in total. The average molecular weight is 488 g/mol. The molecule has 11 heteroatoms. The van der Waals surface area contributed by atoms with Crippen LogP contribution in [-0.2, 0) is 15.9 Å². The minimum Gasteiger partial charge on any atom is -0.487 e. The van der Waals surface area contributed by atoms with Crippen molar-refractivity contribution in [2.24, 2.45) is 4.99 Å². The number of H-pyrrole nitrogens is 1. The van der Waals surface area contributed by atoms with Gasteiger partial charge in [0.2, 0.25) is 5.95 Å². The van der Waals surface area contributed by atoms with E-state index in [2.05, 4.69) is 36.6 Å². The molecule has 2 aromatic carbocycles. The summed E-state index contributed by atoms with van der Waals surface area (Å²) >= 11 is 0. The van der Waals surface area contributed by atoms with Crippen LogP contribution in [0.1, 0.15) is 5.56 Å². The van der Waals surface area contributed by atoms with Gasteiger partial charge in [-0.1, -0.05) is 12.1 Å². The topological polar surface area (TPSA) is 128 Å². The number of benzene rings is 2. The molecule has 184 valence electrons. The highest BCUT2D eigenvalue weighted by Crippen LogP contribution is 2.36. The number of fused-ring (bicyclic) bond motifs is 3. The molecule has 0 amide bonds. The summed E-state index contributed by atoms with van der Waals surface area (Å²) in [6, 6.07) is 11.6. The van der Waals surface area contributed by atoms with E-state index in [1.54, 1.807) is 6.33 Å². The van der Waals surface area contributed by atoms with Gasteiger partial charge in [0.25, 0.3) is 0 Å². The van der Waals surface area contributed by atoms with Crippen LogP contribution in [0, 0.1) is 0 Å². The van der Waals surface area contributed by atoms with Gasteiger partial charge in [0.05, 0.1) is 44.1 Å². The third kappa shape index (κ3) is 4.79. The fourth-order valence-corrected chi connectivity index (χ4v) is 4.04. The lowest BCUT2D eigenvalue weighted by molar-refractivity contribution is 0.0223. The minimum atomic E-state index is 0.388. The zero-order valence-corrected chi connectivity index (χ0v) is 19.5. The Morgan fingerprint density at radius 1 is 0.833 bits per heavy atom. The first-order valence-corrected chi connectivity index (χ1v) is 11.8. The van der Waals surface area contributed by atoms with Crippen LogP contribution in [0.5, 0.6) is 11.5 Å². The number of nitrogens with zero attached hydrogens (tertiary/aromatic N) is 4. The van der Waals surface area contributed by atoms with Gasteiger partial charge in [0, 0.05) is 24.4 Å². The van der Waals surface area contributed by atoms with E-state index in [1.807, 2.05) is 36.5 Å². The smallest absolute Gasteiger partial charge is 0.231 e. The summed E-state index contributed by atoms with van der Waals surface area (Å²) < 4.78 is 22.8. The predicted molar refractivity (Wildman–Crippen MR) is 136 cm³/mol. The van der Waals surface area contributed by atoms with E-state index in [-0.39, 0.29) is 0 Å². The maximum Gasteiger partial charge on any atom is 0.231 e. The second-order valence-electron chi connectivity index (χ2n) is 8.16. The highest BCUT2D eigenvalue weighted by atomic mass is 16.6. The first kappa shape index (κ1) is 22.3. The van der Waals surface area contributed by atoms with Gasteiger partial charge in [-0.15, -0.1) is 0 Å². The van der Waals surface area contributed by atoms with E-state index < -0.39 is 0 Å². The third-order valence-electron chi connectivity index (χ3n) is 5.73. The molecule has 4 heterocycles. The average Bonchev–Trinajstić information content (AvgIpc) is 3.55. The summed E-state index contributed by atoms with van der Waals surface area (Å²) in [6.07, 6.45) is 4.33. The van der Waals surface area contributed by atoms with Gasteiger partial charge in [-0.2, -0.15) is 9.97 Å². The zero-order chi connectivity index (χ0) is 24.2. The van der Waals surface area contributed by atoms with Gasteiger partial charge >= 0.3 is 0 Å². The number of aromatic amines is 1. The second-order valence-corrected chi connectivity index (χ2v) is 8.16. The number of para-hydroxylation sites is 1. The number of hydrogen-bond acceptors (Lipinski definition) is 10. The van der Waals surface area contributed by atoms with Crippen molar-refractivity contribution in [1.82, 2.24) is 19.9 Å². The summed E-state index contributed by atoms with van der Waals surface area (Å²) in [5.74, 6) is 2.22. The van der Waals surface area contributed by atoms with Crippen molar-refractivity contribution in [1.29, 1.82) is 0 Å². The van der Waals surface area contributed by atoms with Crippen molar-refractivity contribution in [3.05, 3.63) is 48.3 Å². The first-order chi connectivity index (χ1) is 17.8. The number of aromatic nitrogens is 4. The molecule has 2 aromatic heterocycles. The van der Waals surface area contributed by atoms with Crippen LogP contribution in [0.25, 0.3) is 11.2 Å².